The van der Waals surface area contributed by atoms with Crippen LogP contribution in [-0.2, 0) is 11.3 Å². The Kier molecular flexibility index (Phi) is 6.74. The first-order chi connectivity index (χ1) is 11.6. The maximum atomic E-state index is 13.4. The van der Waals surface area contributed by atoms with Crippen molar-refractivity contribution in [3.05, 3.63) is 53.1 Å². The number of halogens is 2. The largest absolute Gasteiger partial charge is 0.356 e. The van der Waals surface area contributed by atoms with Crippen molar-refractivity contribution in [3.8, 4) is 0 Å². The lowest BCUT2D eigenvalue weighted by Crippen LogP contribution is -2.31. The number of amides is 2. The third kappa shape index (κ3) is 5.66. The van der Waals surface area contributed by atoms with Crippen molar-refractivity contribution in [3.63, 3.8) is 0 Å². The summed E-state index contributed by atoms with van der Waals surface area (Å²) in [7, 11) is 0. The van der Waals surface area contributed by atoms with Crippen LogP contribution < -0.4 is 10.6 Å². The molecule has 8 heteroatoms. The Morgan fingerprint density at radius 2 is 2.00 bits per heavy atom. The zero-order chi connectivity index (χ0) is 17.4. The molecule has 6 nitrogen and oxygen atoms in total. The fourth-order valence-electron chi connectivity index (χ4n) is 2.05. The summed E-state index contributed by atoms with van der Waals surface area (Å²) in [5.41, 5.74) is -0.0317. The Bertz CT molecular complexity index is 705. The third-order valence-corrected chi connectivity index (χ3v) is 3.44. The molecular weight excluding hydrogens is 335 g/mol. The molecule has 0 saturated heterocycles. The first-order valence-electron chi connectivity index (χ1n) is 7.53. The van der Waals surface area contributed by atoms with E-state index in [1.54, 1.807) is 23.1 Å². The molecule has 2 amide bonds. The molecule has 0 bridgehead atoms. The molecule has 24 heavy (non-hydrogen) atoms. The average molecular weight is 353 g/mol. The molecule has 0 atom stereocenters. The van der Waals surface area contributed by atoms with Crippen LogP contribution in [0.15, 0.2) is 36.7 Å². The molecule has 2 aromatic rings. The van der Waals surface area contributed by atoms with Gasteiger partial charge in [0.2, 0.25) is 5.91 Å². The molecule has 1 heterocycles. The average Bonchev–Trinajstić information content (AvgIpc) is 2.97. The van der Waals surface area contributed by atoms with E-state index < -0.39 is 11.7 Å². The number of carbonyl (C=O) groups excluding carboxylic acids is 2. The van der Waals surface area contributed by atoms with Crippen molar-refractivity contribution < 1.29 is 14.0 Å². The van der Waals surface area contributed by atoms with Crippen LogP contribution in [0, 0.1) is 5.82 Å². The van der Waals surface area contributed by atoms with Gasteiger partial charge in [-0.15, -0.1) is 0 Å². The van der Waals surface area contributed by atoms with E-state index in [9.17, 15) is 14.0 Å². The molecule has 0 unspecified atom stereocenters. The van der Waals surface area contributed by atoms with Crippen LogP contribution in [0.3, 0.4) is 0 Å². The van der Waals surface area contributed by atoms with E-state index in [0.29, 0.717) is 24.5 Å². The molecule has 0 fully saturated rings. The Morgan fingerprint density at radius 3 is 2.71 bits per heavy atom. The summed E-state index contributed by atoms with van der Waals surface area (Å²) in [5.74, 6) is -1.29. The van der Waals surface area contributed by atoms with Gasteiger partial charge in [-0.3, -0.25) is 14.3 Å². The Hall–Kier alpha value is -2.41. The minimum atomic E-state index is -0.585. The molecule has 2 N–H and O–H groups in total. The number of hydrogen-bond donors (Lipinski definition) is 2. The van der Waals surface area contributed by atoms with E-state index in [1.807, 2.05) is 0 Å². The Morgan fingerprint density at radius 1 is 1.21 bits per heavy atom. The van der Waals surface area contributed by atoms with Crippen LogP contribution in [0.25, 0.3) is 0 Å². The number of nitrogens with one attached hydrogen (secondary N) is 2. The van der Waals surface area contributed by atoms with Crippen molar-refractivity contribution in [2.75, 3.05) is 13.1 Å². The fraction of sp³-hybridized carbons (Fsp3) is 0.312. The lowest BCUT2D eigenvalue weighted by Gasteiger charge is -2.07. The summed E-state index contributed by atoms with van der Waals surface area (Å²) in [6, 6.07) is 5.70. The lowest BCUT2D eigenvalue weighted by molar-refractivity contribution is -0.120. The van der Waals surface area contributed by atoms with E-state index in [4.69, 9.17) is 11.6 Å². The summed E-state index contributed by atoms with van der Waals surface area (Å²) in [6.07, 6.45) is 4.11. The van der Waals surface area contributed by atoms with Crippen LogP contribution in [0.4, 0.5) is 4.39 Å². The van der Waals surface area contributed by atoms with Crippen molar-refractivity contribution >= 4 is 23.4 Å². The van der Waals surface area contributed by atoms with E-state index in [-0.39, 0.29) is 24.4 Å². The number of aryl methyl sites for hydroxylation is 1. The summed E-state index contributed by atoms with van der Waals surface area (Å²) in [4.78, 5) is 23.4. The first kappa shape index (κ1) is 17.9. The van der Waals surface area contributed by atoms with E-state index in [1.165, 1.54) is 18.2 Å². The summed E-state index contributed by atoms with van der Waals surface area (Å²) < 4.78 is 15.1. The number of aromatic nitrogens is 2. The van der Waals surface area contributed by atoms with E-state index >= 15 is 0 Å². The monoisotopic (exact) mass is 352 g/mol. The van der Waals surface area contributed by atoms with Gasteiger partial charge in [-0.05, 0) is 18.6 Å². The minimum absolute atomic E-state index is 0.0317. The summed E-state index contributed by atoms with van der Waals surface area (Å²) in [6.45, 7) is 1.29. The van der Waals surface area contributed by atoms with Gasteiger partial charge in [-0.25, -0.2) is 4.39 Å². The van der Waals surface area contributed by atoms with Crippen molar-refractivity contribution in [2.45, 2.75) is 19.4 Å². The molecule has 2 rings (SSSR count). The van der Waals surface area contributed by atoms with Gasteiger partial charge in [0.25, 0.3) is 5.91 Å². The maximum absolute atomic E-state index is 13.4. The molecule has 0 spiro atoms. The van der Waals surface area contributed by atoms with Crippen LogP contribution in [0.1, 0.15) is 23.2 Å². The van der Waals surface area contributed by atoms with Crippen LogP contribution >= 0.6 is 11.6 Å². The van der Waals surface area contributed by atoms with Gasteiger partial charge in [0.1, 0.15) is 5.82 Å². The van der Waals surface area contributed by atoms with Gasteiger partial charge in [-0.1, -0.05) is 23.7 Å². The van der Waals surface area contributed by atoms with Crippen molar-refractivity contribution in [2.24, 2.45) is 0 Å². The van der Waals surface area contributed by atoms with Gasteiger partial charge in [0, 0.05) is 32.3 Å². The second-order valence-corrected chi connectivity index (χ2v) is 5.55. The smallest absolute Gasteiger partial charge is 0.254 e. The highest BCUT2D eigenvalue weighted by Crippen LogP contribution is 2.06. The first-order valence-corrected chi connectivity index (χ1v) is 7.91. The lowest BCUT2D eigenvalue weighted by atomic mass is 10.2. The normalized spacial score (nSPS) is 10.4. The molecule has 0 aliphatic rings. The number of carbonyl (C=O) groups is 2. The number of benzene rings is 1. The highest BCUT2D eigenvalue weighted by Gasteiger charge is 2.10. The predicted molar refractivity (Wildman–Crippen MR) is 88.2 cm³/mol. The predicted octanol–water partition coefficient (Wildman–Crippen LogP) is 2.00. The highest BCUT2D eigenvalue weighted by atomic mass is 35.5. The van der Waals surface area contributed by atoms with Crippen molar-refractivity contribution in [1.82, 2.24) is 20.4 Å². The Balaban J connectivity index is 1.59. The number of hydrogen-bond acceptors (Lipinski definition) is 3. The zero-order valence-electron chi connectivity index (χ0n) is 13.0. The molecule has 0 radical (unpaired) electrons. The van der Waals surface area contributed by atoms with Crippen LogP contribution in [0.5, 0.6) is 0 Å². The SMILES string of the molecule is O=C(CCNC(=O)c1ccccc1F)NCCCn1cc(Cl)cn1. The Labute approximate surface area is 144 Å². The molecule has 1 aromatic heterocycles. The third-order valence-electron chi connectivity index (χ3n) is 3.24. The van der Waals surface area contributed by atoms with E-state index in [0.717, 1.165) is 0 Å². The van der Waals surface area contributed by atoms with Crippen LogP contribution in [0.2, 0.25) is 5.02 Å². The molecule has 128 valence electrons. The molecule has 0 aliphatic carbocycles. The second kappa shape index (κ2) is 9.02. The fourth-order valence-corrected chi connectivity index (χ4v) is 2.20. The van der Waals surface area contributed by atoms with Crippen LogP contribution in [-0.4, -0.2) is 34.7 Å². The molecule has 0 saturated carbocycles. The zero-order valence-corrected chi connectivity index (χ0v) is 13.7. The minimum Gasteiger partial charge on any atom is -0.356 e. The number of nitrogens with zero attached hydrogens (tertiary/aromatic N) is 2. The molecule has 1 aromatic carbocycles. The summed E-state index contributed by atoms with van der Waals surface area (Å²) >= 11 is 5.75. The molecular formula is C16H18ClFN4O2. The maximum Gasteiger partial charge on any atom is 0.254 e. The highest BCUT2D eigenvalue weighted by molar-refractivity contribution is 6.30. The van der Waals surface area contributed by atoms with E-state index in [2.05, 4.69) is 15.7 Å². The number of rotatable bonds is 8. The van der Waals surface area contributed by atoms with Gasteiger partial charge in [0.15, 0.2) is 0 Å². The van der Waals surface area contributed by atoms with Crippen molar-refractivity contribution in [1.29, 1.82) is 0 Å². The van der Waals surface area contributed by atoms with Gasteiger partial charge in [0.05, 0.1) is 16.8 Å². The van der Waals surface area contributed by atoms with Gasteiger partial charge in [-0.2, -0.15) is 5.10 Å². The van der Waals surface area contributed by atoms with Gasteiger partial charge >= 0.3 is 0 Å². The standard InChI is InChI=1S/C16H18ClFN4O2/c17-12-10-21-22(11-12)9-3-7-19-15(23)6-8-20-16(24)13-4-1-2-5-14(13)18/h1-2,4-5,10-11H,3,6-9H2,(H,19,23)(H,20,24). The second-order valence-electron chi connectivity index (χ2n) is 5.11. The summed E-state index contributed by atoms with van der Waals surface area (Å²) in [5, 5.41) is 9.87. The molecule has 0 aliphatic heterocycles. The topological polar surface area (TPSA) is 76.0 Å². The van der Waals surface area contributed by atoms with Gasteiger partial charge < -0.3 is 10.6 Å². The quantitative estimate of drug-likeness (QED) is 0.713.